The van der Waals surface area contributed by atoms with Crippen molar-refractivity contribution in [3.05, 3.63) is 42.5 Å². The summed E-state index contributed by atoms with van der Waals surface area (Å²) in [5.74, 6) is 1.53. The molecule has 1 aromatic carbocycles. The molecule has 5 nitrogen and oxygen atoms in total. The second-order valence-corrected chi connectivity index (χ2v) is 4.78. The lowest BCUT2D eigenvalue weighted by molar-refractivity contribution is 0.279. The van der Waals surface area contributed by atoms with Crippen molar-refractivity contribution in [2.24, 2.45) is 0 Å². The van der Waals surface area contributed by atoms with Crippen LogP contribution in [-0.4, -0.2) is 29.8 Å². The Balaban J connectivity index is 1.78. The van der Waals surface area contributed by atoms with E-state index >= 15 is 0 Å². The largest absolute Gasteiger partial charge is 0.493 e. The Hall–Kier alpha value is -2.01. The van der Waals surface area contributed by atoms with Crippen LogP contribution in [-0.2, 0) is 13.1 Å². The molecule has 0 fully saturated rings. The number of nitrogens with zero attached hydrogens (tertiary/aromatic N) is 2. The number of nitrogens with one attached hydrogen (secondary N) is 1. The number of ether oxygens (including phenoxy) is 2. The molecule has 0 unspecified atom stereocenters. The van der Waals surface area contributed by atoms with Gasteiger partial charge in [0.2, 0.25) is 0 Å². The number of hydrogen-bond acceptors (Lipinski definition) is 4. The minimum absolute atomic E-state index is 0.582. The summed E-state index contributed by atoms with van der Waals surface area (Å²) >= 11 is 0. The molecule has 21 heavy (non-hydrogen) atoms. The fourth-order valence-electron chi connectivity index (χ4n) is 2.01. The van der Waals surface area contributed by atoms with Crippen molar-refractivity contribution < 1.29 is 9.47 Å². The number of para-hydroxylation sites is 2. The third-order valence-corrected chi connectivity index (χ3v) is 3.10. The molecule has 5 heteroatoms. The maximum absolute atomic E-state index is 5.75. The third-order valence-electron chi connectivity index (χ3n) is 3.10. The molecule has 0 atom stereocenters. The fraction of sp³-hybridized carbons (Fsp3) is 0.438. The van der Waals surface area contributed by atoms with Gasteiger partial charge < -0.3 is 19.4 Å². The van der Waals surface area contributed by atoms with Crippen molar-refractivity contribution in [1.29, 1.82) is 0 Å². The van der Waals surface area contributed by atoms with Gasteiger partial charge in [-0.3, -0.25) is 0 Å². The van der Waals surface area contributed by atoms with Crippen molar-refractivity contribution in [2.75, 3.05) is 20.3 Å². The van der Waals surface area contributed by atoms with Gasteiger partial charge in [-0.1, -0.05) is 19.1 Å². The van der Waals surface area contributed by atoms with Crippen LogP contribution in [0, 0.1) is 0 Å². The zero-order valence-corrected chi connectivity index (χ0v) is 12.7. The van der Waals surface area contributed by atoms with E-state index in [0.29, 0.717) is 6.61 Å². The molecule has 0 radical (unpaired) electrons. The second kappa shape index (κ2) is 8.32. The molecule has 0 saturated carbocycles. The summed E-state index contributed by atoms with van der Waals surface area (Å²) in [6.07, 6.45) is 5.02. The summed E-state index contributed by atoms with van der Waals surface area (Å²) in [6, 6.07) is 7.67. The average Bonchev–Trinajstić information content (AvgIpc) is 2.96. The van der Waals surface area contributed by atoms with Crippen LogP contribution in [0.1, 0.15) is 19.0 Å². The summed E-state index contributed by atoms with van der Waals surface area (Å²) in [5.41, 5.74) is 1.06. The first kappa shape index (κ1) is 15.4. The highest BCUT2D eigenvalue weighted by atomic mass is 16.5. The molecule has 0 bridgehead atoms. The van der Waals surface area contributed by atoms with Crippen LogP contribution in [0.4, 0.5) is 0 Å². The first-order valence-corrected chi connectivity index (χ1v) is 7.30. The van der Waals surface area contributed by atoms with Gasteiger partial charge in [0, 0.05) is 12.7 Å². The van der Waals surface area contributed by atoms with E-state index in [-0.39, 0.29) is 0 Å². The molecule has 0 saturated heterocycles. The van der Waals surface area contributed by atoms with Gasteiger partial charge in [0.15, 0.2) is 11.5 Å². The van der Waals surface area contributed by atoms with E-state index in [4.69, 9.17) is 9.47 Å². The third kappa shape index (κ3) is 4.79. The molecule has 0 spiro atoms. The zero-order chi connectivity index (χ0) is 14.9. The molecule has 1 N–H and O–H groups in total. The number of rotatable bonds is 9. The van der Waals surface area contributed by atoms with Crippen molar-refractivity contribution in [3.63, 3.8) is 0 Å². The van der Waals surface area contributed by atoms with E-state index in [0.717, 1.165) is 43.2 Å². The number of methoxy groups -OCH3 is 1. The second-order valence-electron chi connectivity index (χ2n) is 4.78. The molecule has 1 heterocycles. The summed E-state index contributed by atoms with van der Waals surface area (Å²) in [7, 11) is 1.65. The van der Waals surface area contributed by atoms with Gasteiger partial charge >= 0.3 is 0 Å². The number of imidazole rings is 1. The average molecular weight is 289 g/mol. The predicted molar refractivity (Wildman–Crippen MR) is 82.7 cm³/mol. The summed E-state index contributed by atoms with van der Waals surface area (Å²) in [5, 5.41) is 3.34. The fourth-order valence-corrected chi connectivity index (χ4v) is 2.01. The Morgan fingerprint density at radius 1 is 1.24 bits per heavy atom. The molecule has 114 valence electrons. The van der Waals surface area contributed by atoms with Crippen molar-refractivity contribution in [1.82, 2.24) is 14.9 Å². The van der Waals surface area contributed by atoms with Gasteiger partial charge in [0.05, 0.1) is 25.7 Å². The standard InChI is InChI=1S/C16H23N3O2/c1-3-8-17-11-14-12-19(13-18-14)9-10-21-16-7-5-4-6-15(16)20-2/h4-7,12-13,17H,3,8-11H2,1-2H3. The molecule has 0 aliphatic rings. The molecular formula is C16H23N3O2. The van der Waals surface area contributed by atoms with E-state index in [9.17, 15) is 0 Å². The minimum Gasteiger partial charge on any atom is -0.493 e. The SMILES string of the molecule is CCCNCc1cn(CCOc2ccccc2OC)cn1. The van der Waals surface area contributed by atoms with Gasteiger partial charge in [0.1, 0.15) is 6.61 Å². The van der Waals surface area contributed by atoms with Crippen molar-refractivity contribution >= 4 is 0 Å². The Kier molecular flexibility index (Phi) is 6.09. The molecular weight excluding hydrogens is 266 g/mol. The lowest BCUT2D eigenvalue weighted by Gasteiger charge is -2.10. The Morgan fingerprint density at radius 2 is 2.05 bits per heavy atom. The Morgan fingerprint density at radius 3 is 2.81 bits per heavy atom. The molecule has 2 rings (SSSR count). The van der Waals surface area contributed by atoms with Gasteiger partial charge in [-0.25, -0.2) is 4.98 Å². The van der Waals surface area contributed by atoms with Crippen LogP contribution < -0.4 is 14.8 Å². The molecule has 0 aliphatic heterocycles. The molecule has 0 amide bonds. The van der Waals surface area contributed by atoms with E-state index in [1.807, 2.05) is 41.4 Å². The lowest BCUT2D eigenvalue weighted by atomic mass is 10.3. The number of aromatic nitrogens is 2. The van der Waals surface area contributed by atoms with Crippen LogP contribution >= 0.6 is 0 Å². The predicted octanol–water partition coefficient (Wildman–Crippen LogP) is 2.47. The Labute approximate surface area is 125 Å². The minimum atomic E-state index is 0.582. The van der Waals surface area contributed by atoms with Gasteiger partial charge in [-0.05, 0) is 25.1 Å². The Bertz CT molecular complexity index is 540. The highest BCUT2D eigenvalue weighted by molar-refractivity contribution is 5.39. The summed E-state index contributed by atoms with van der Waals surface area (Å²) < 4.78 is 13.0. The topological polar surface area (TPSA) is 48.3 Å². The van der Waals surface area contributed by atoms with E-state index < -0.39 is 0 Å². The van der Waals surface area contributed by atoms with Gasteiger partial charge in [-0.2, -0.15) is 0 Å². The van der Waals surface area contributed by atoms with Crippen LogP contribution in [0.15, 0.2) is 36.8 Å². The maximum Gasteiger partial charge on any atom is 0.161 e. The lowest BCUT2D eigenvalue weighted by Crippen LogP contribution is -2.14. The zero-order valence-electron chi connectivity index (χ0n) is 12.7. The first-order valence-electron chi connectivity index (χ1n) is 7.30. The smallest absolute Gasteiger partial charge is 0.161 e. The van der Waals surface area contributed by atoms with E-state index in [1.54, 1.807) is 7.11 Å². The van der Waals surface area contributed by atoms with Crippen molar-refractivity contribution in [2.45, 2.75) is 26.4 Å². The van der Waals surface area contributed by atoms with E-state index in [1.165, 1.54) is 0 Å². The number of benzene rings is 1. The van der Waals surface area contributed by atoms with Crippen LogP contribution in [0.25, 0.3) is 0 Å². The quantitative estimate of drug-likeness (QED) is 0.720. The highest BCUT2D eigenvalue weighted by Gasteiger charge is 2.03. The highest BCUT2D eigenvalue weighted by Crippen LogP contribution is 2.25. The van der Waals surface area contributed by atoms with Crippen LogP contribution in [0.3, 0.4) is 0 Å². The van der Waals surface area contributed by atoms with Crippen LogP contribution in [0.5, 0.6) is 11.5 Å². The van der Waals surface area contributed by atoms with Gasteiger partial charge in [0.25, 0.3) is 0 Å². The normalized spacial score (nSPS) is 10.6. The van der Waals surface area contributed by atoms with E-state index in [2.05, 4.69) is 17.2 Å². The number of hydrogen-bond donors (Lipinski definition) is 1. The monoisotopic (exact) mass is 289 g/mol. The maximum atomic E-state index is 5.75. The molecule has 0 aliphatic carbocycles. The first-order chi connectivity index (χ1) is 10.3. The van der Waals surface area contributed by atoms with Crippen LogP contribution in [0.2, 0.25) is 0 Å². The van der Waals surface area contributed by atoms with Gasteiger partial charge in [-0.15, -0.1) is 0 Å². The summed E-state index contributed by atoms with van der Waals surface area (Å²) in [4.78, 5) is 4.37. The summed E-state index contributed by atoms with van der Waals surface area (Å²) in [6.45, 7) is 5.33. The molecule has 1 aromatic heterocycles. The molecule has 2 aromatic rings. The van der Waals surface area contributed by atoms with Crippen molar-refractivity contribution in [3.8, 4) is 11.5 Å².